The van der Waals surface area contributed by atoms with Crippen LogP contribution in [0, 0.1) is 5.41 Å². The van der Waals surface area contributed by atoms with Gasteiger partial charge >= 0.3 is 6.09 Å². The smallest absolute Gasteiger partial charge is 0.436 e. The van der Waals surface area contributed by atoms with E-state index in [9.17, 15) is 19.2 Å². The van der Waals surface area contributed by atoms with E-state index in [1.54, 1.807) is 48.1 Å². The van der Waals surface area contributed by atoms with Gasteiger partial charge in [-0.1, -0.05) is 63.2 Å². The van der Waals surface area contributed by atoms with Crippen LogP contribution in [0.5, 0.6) is 0 Å². The maximum absolute atomic E-state index is 13.6. The van der Waals surface area contributed by atoms with E-state index >= 15 is 0 Å². The Morgan fingerprint density at radius 3 is 2.26 bits per heavy atom. The molecule has 0 radical (unpaired) electrons. The van der Waals surface area contributed by atoms with Crippen molar-refractivity contribution in [2.24, 2.45) is 12.5 Å². The molecule has 0 atom stereocenters. The van der Waals surface area contributed by atoms with E-state index in [-0.39, 0.29) is 40.8 Å². The van der Waals surface area contributed by atoms with Crippen LogP contribution in [0.15, 0.2) is 73.1 Å². The molecule has 0 aliphatic carbocycles. The number of fused-ring (bicyclic) bond motifs is 1. The number of ether oxygens (including phenoxy) is 1. The van der Waals surface area contributed by atoms with Crippen molar-refractivity contribution in [3.8, 4) is 0 Å². The molecule has 0 saturated carbocycles. The maximum atomic E-state index is 13.6. The quantitative estimate of drug-likeness (QED) is 0.187. The van der Waals surface area contributed by atoms with Gasteiger partial charge in [-0.2, -0.15) is 4.68 Å². The monoisotopic (exact) mass is 641 g/mol. The third-order valence-electron chi connectivity index (χ3n) is 6.98. The first-order valence-electron chi connectivity index (χ1n) is 14.5. The number of amides is 3. The molecule has 238 valence electrons. The number of benzene rings is 2. The van der Waals surface area contributed by atoms with Crippen molar-refractivity contribution in [1.82, 2.24) is 24.6 Å². The van der Waals surface area contributed by atoms with E-state index in [0.29, 0.717) is 15.1 Å². The summed E-state index contributed by atoms with van der Waals surface area (Å²) < 4.78 is 8.13. The van der Waals surface area contributed by atoms with Gasteiger partial charge in [0.2, 0.25) is 0 Å². The van der Waals surface area contributed by atoms with Crippen LogP contribution >= 0.6 is 11.3 Å². The first-order valence-corrected chi connectivity index (χ1v) is 15.3. The van der Waals surface area contributed by atoms with E-state index in [1.165, 1.54) is 6.20 Å². The van der Waals surface area contributed by atoms with Crippen LogP contribution in [0.4, 0.5) is 16.3 Å². The third kappa shape index (κ3) is 6.99. The van der Waals surface area contributed by atoms with E-state index in [1.807, 2.05) is 65.0 Å². The van der Waals surface area contributed by atoms with Gasteiger partial charge in [-0.3, -0.25) is 14.4 Å². The van der Waals surface area contributed by atoms with Gasteiger partial charge in [-0.25, -0.2) is 9.78 Å². The Balaban J connectivity index is 1.46. The van der Waals surface area contributed by atoms with Gasteiger partial charge < -0.3 is 25.3 Å². The fourth-order valence-electron chi connectivity index (χ4n) is 4.58. The molecule has 0 aliphatic heterocycles. The summed E-state index contributed by atoms with van der Waals surface area (Å²) in [7, 11) is 1.69. The number of anilines is 2. The van der Waals surface area contributed by atoms with Crippen molar-refractivity contribution >= 4 is 56.9 Å². The minimum Gasteiger partial charge on any atom is -0.447 e. The van der Waals surface area contributed by atoms with Crippen molar-refractivity contribution in [3.63, 3.8) is 0 Å². The highest BCUT2D eigenvalue weighted by molar-refractivity contribution is 7.20. The summed E-state index contributed by atoms with van der Waals surface area (Å²) in [5, 5.41) is 13.3. The van der Waals surface area contributed by atoms with Crippen LogP contribution in [-0.4, -0.2) is 49.8 Å². The summed E-state index contributed by atoms with van der Waals surface area (Å²) in [4.78, 5) is 57.8. The number of aromatic nitrogens is 4. The molecule has 0 bridgehead atoms. The molecular formula is C33H35N7O5S. The minimum absolute atomic E-state index is 0.0514. The number of rotatable bonds is 8. The van der Waals surface area contributed by atoms with Crippen molar-refractivity contribution < 1.29 is 23.9 Å². The summed E-state index contributed by atoms with van der Waals surface area (Å²) in [6.07, 6.45) is 2.39. The Hall–Kier alpha value is -5.30. The Labute approximate surface area is 269 Å². The number of nitrogens with zero attached hydrogens (tertiary/aromatic N) is 4. The topological polar surface area (TPSA) is 149 Å². The predicted octanol–water partition coefficient (Wildman–Crippen LogP) is 6.03. The number of carbonyl (C=O) groups is 4. The molecule has 3 amide bonds. The Bertz CT molecular complexity index is 1930. The molecule has 3 heterocycles. The lowest BCUT2D eigenvalue weighted by Gasteiger charge is -2.26. The molecule has 3 N–H and O–H groups in total. The number of aryl methyl sites for hydroxylation is 1. The van der Waals surface area contributed by atoms with Crippen LogP contribution in [0.25, 0.3) is 10.2 Å². The van der Waals surface area contributed by atoms with Gasteiger partial charge in [-0.05, 0) is 43.0 Å². The fourth-order valence-corrected chi connectivity index (χ4v) is 5.57. The highest BCUT2D eigenvalue weighted by atomic mass is 32.1. The summed E-state index contributed by atoms with van der Waals surface area (Å²) in [5.41, 5.74) is 0.336. The van der Waals surface area contributed by atoms with Crippen molar-refractivity contribution in [2.45, 2.75) is 40.2 Å². The van der Waals surface area contributed by atoms with Crippen LogP contribution < -0.4 is 16.0 Å². The molecule has 5 aromatic rings. The summed E-state index contributed by atoms with van der Waals surface area (Å²) >= 11 is 1.05. The van der Waals surface area contributed by atoms with Crippen molar-refractivity contribution in [2.75, 3.05) is 17.2 Å². The zero-order valence-electron chi connectivity index (χ0n) is 26.4. The van der Waals surface area contributed by atoms with Gasteiger partial charge in [0.25, 0.3) is 17.7 Å². The average molecular weight is 642 g/mol. The van der Waals surface area contributed by atoms with Crippen molar-refractivity contribution in [3.05, 3.63) is 94.9 Å². The molecule has 0 saturated heterocycles. The molecule has 0 unspecified atom stereocenters. The lowest BCUT2D eigenvalue weighted by atomic mass is 9.94. The highest BCUT2D eigenvalue weighted by Crippen LogP contribution is 2.33. The first kappa shape index (κ1) is 32.1. The van der Waals surface area contributed by atoms with E-state index in [0.717, 1.165) is 21.6 Å². The van der Waals surface area contributed by atoms with Gasteiger partial charge in [0, 0.05) is 19.4 Å². The lowest BCUT2D eigenvalue weighted by molar-refractivity contribution is 0.0914. The molecule has 0 aliphatic rings. The molecular weight excluding hydrogens is 606 g/mol. The van der Waals surface area contributed by atoms with E-state index < -0.39 is 23.4 Å². The number of hydrogen-bond donors (Lipinski definition) is 3. The molecule has 12 nitrogen and oxygen atoms in total. The standard InChI is InChI=1S/C33H35N7O5S/c1-32(2,3)19-45-31(44)40-30-22(18-24(46-30)28(42)37-33(4,5)20-12-8-7-9-13-20)25(38-40)36-27(41)21-14-10-11-15-23(21)35-29(43)26-34-16-17-39(26)6/h7-18H,19H2,1-6H3,(H,35,43)(H,37,42)(H,36,38,41). The molecule has 2 aromatic carbocycles. The number of thiophene rings is 1. The molecule has 13 heteroatoms. The fraction of sp³-hybridized carbons (Fsp3) is 0.273. The molecule has 46 heavy (non-hydrogen) atoms. The number of imidazole rings is 1. The summed E-state index contributed by atoms with van der Waals surface area (Å²) in [6.45, 7) is 9.70. The first-order chi connectivity index (χ1) is 21.7. The van der Waals surface area contributed by atoms with Crippen LogP contribution in [0.3, 0.4) is 0 Å². The molecule has 3 aromatic heterocycles. The van der Waals surface area contributed by atoms with E-state index in [4.69, 9.17) is 4.74 Å². The van der Waals surface area contributed by atoms with Gasteiger partial charge in [0.15, 0.2) is 11.6 Å². The van der Waals surface area contributed by atoms with E-state index in [2.05, 4.69) is 26.0 Å². The van der Waals surface area contributed by atoms with Crippen LogP contribution in [0.1, 0.15) is 70.8 Å². The average Bonchev–Trinajstić information content (AvgIpc) is 3.72. The SMILES string of the molecule is Cn1ccnc1C(=O)Nc1ccccc1C(=O)Nc1nn(C(=O)OCC(C)(C)C)c2sc(C(=O)NC(C)(C)c3ccccc3)cc12. The second-order valence-corrected chi connectivity index (χ2v) is 13.5. The maximum Gasteiger partial charge on any atom is 0.436 e. The molecule has 5 rings (SSSR count). The molecule has 0 spiro atoms. The second kappa shape index (κ2) is 12.6. The summed E-state index contributed by atoms with van der Waals surface area (Å²) in [5.74, 6) is -1.22. The van der Waals surface area contributed by atoms with Crippen LogP contribution in [0.2, 0.25) is 0 Å². The zero-order chi connectivity index (χ0) is 33.2. The zero-order valence-corrected chi connectivity index (χ0v) is 27.2. The Morgan fingerprint density at radius 2 is 1.59 bits per heavy atom. The number of carbonyl (C=O) groups excluding carboxylic acids is 4. The second-order valence-electron chi connectivity index (χ2n) is 12.5. The van der Waals surface area contributed by atoms with Gasteiger partial charge in [-0.15, -0.1) is 16.4 Å². The number of para-hydroxylation sites is 1. The normalized spacial score (nSPS) is 11.7. The summed E-state index contributed by atoms with van der Waals surface area (Å²) in [6, 6.07) is 17.6. The third-order valence-corrected chi connectivity index (χ3v) is 8.09. The minimum atomic E-state index is -0.749. The lowest BCUT2D eigenvalue weighted by Crippen LogP contribution is -2.40. The molecule has 0 fully saturated rings. The largest absolute Gasteiger partial charge is 0.447 e. The van der Waals surface area contributed by atoms with Gasteiger partial charge in [0.1, 0.15) is 4.83 Å². The number of nitrogens with one attached hydrogen (secondary N) is 3. The van der Waals surface area contributed by atoms with Crippen molar-refractivity contribution in [1.29, 1.82) is 0 Å². The van der Waals surface area contributed by atoms with Gasteiger partial charge in [0.05, 0.1) is 33.7 Å². The predicted molar refractivity (Wildman–Crippen MR) is 176 cm³/mol. The highest BCUT2D eigenvalue weighted by Gasteiger charge is 2.28. The Morgan fingerprint density at radius 1 is 0.891 bits per heavy atom. The Kier molecular flexibility index (Phi) is 8.79. The van der Waals surface area contributed by atoms with Crippen LogP contribution in [-0.2, 0) is 17.3 Å². The number of hydrogen-bond acceptors (Lipinski definition) is 8.